The van der Waals surface area contributed by atoms with Gasteiger partial charge >= 0.3 is 5.97 Å². The molecule has 1 heterocycles. The molecule has 0 saturated carbocycles. The first-order valence-electron chi connectivity index (χ1n) is 4.50. The number of oxazole rings is 1. The van der Waals surface area contributed by atoms with E-state index in [1.165, 1.54) is 24.6 Å². The molecular weight excluding hydrogens is 228 g/mol. The first-order chi connectivity index (χ1) is 8.08. The van der Waals surface area contributed by atoms with Crippen LogP contribution in [0.1, 0.15) is 10.4 Å². The van der Waals surface area contributed by atoms with E-state index in [0.29, 0.717) is 0 Å². The number of nitro groups is 1. The molecule has 7 heteroatoms. The van der Waals surface area contributed by atoms with Gasteiger partial charge in [-0.1, -0.05) is 0 Å². The van der Waals surface area contributed by atoms with Crippen LogP contribution in [-0.4, -0.2) is 21.0 Å². The number of carboxylic acid groups (broad SMARTS) is 1. The fraction of sp³-hybridized carbons (Fsp3) is 0. The summed E-state index contributed by atoms with van der Waals surface area (Å²) in [6.45, 7) is 0. The highest BCUT2D eigenvalue weighted by Gasteiger charge is 2.16. The Morgan fingerprint density at radius 3 is 2.71 bits per heavy atom. The van der Waals surface area contributed by atoms with Gasteiger partial charge in [0.15, 0.2) is 0 Å². The maximum Gasteiger partial charge on any atom is 0.335 e. The SMILES string of the molecule is O=C(O)c1cc(-c2ncco2)cc([N+](=O)[O-])c1. The molecule has 86 valence electrons. The second kappa shape index (κ2) is 4.05. The first kappa shape index (κ1) is 10.8. The Labute approximate surface area is 94.5 Å². The van der Waals surface area contributed by atoms with Gasteiger partial charge in [0.25, 0.3) is 5.69 Å². The third kappa shape index (κ3) is 2.12. The molecule has 1 N–H and O–H groups in total. The van der Waals surface area contributed by atoms with Crippen molar-refractivity contribution in [1.82, 2.24) is 4.98 Å². The quantitative estimate of drug-likeness (QED) is 0.642. The highest BCUT2D eigenvalue weighted by Crippen LogP contribution is 2.24. The normalized spacial score (nSPS) is 10.1. The minimum atomic E-state index is -1.25. The molecule has 0 atom stereocenters. The van der Waals surface area contributed by atoms with E-state index in [1.807, 2.05) is 0 Å². The van der Waals surface area contributed by atoms with Crippen molar-refractivity contribution < 1.29 is 19.2 Å². The van der Waals surface area contributed by atoms with Crippen LogP contribution in [0.15, 0.2) is 35.1 Å². The summed E-state index contributed by atoms with van der Waals surface area (Å²) in [6, 6.07) is 3.45. The maximum absolute atomic E-state index is 10.8. The van der Waals surface area contributed by atoms with E-state index in [2.05, 4.69) is 4.98 Å². The number of benzene rings is 1. The number of hydrogen-bond donors (Lipinski definition) is 1. The molecule has 0 unspecified atom stereocenters. The predicted molar refractivity (Wildman–Crippen MR) is 55.6 cm³/mol. The molecule has 2 aromatic rings. The molecule has 0 aliphatic carbocycles. The van der Waals surface area contributed by atoms with Crippen LogP contribution in [0.2, 0.25) is 0 Å². The number of carboxylic acids is 1. The molecule has 0 spiro atoms. The van der Waals surface area contributed by atoms with Gasteiger partial charge in [0.2, 0.25) is 5.89 Å². The van der Waals surface area contributed by atoms with Crippen molar-refractivity contribution in [2.45, 2.75) is 0 Å². The molecule has 2 rings (SSSR count). The second-order valence-electron chi connectivity index (χ2n) is 3.17. The van der Waals surface area contributed by atoms with Gasteiger partial charge in [0.05, 0.1) is 16.7 Å². The standard InChI is InChI=1S/C10H6N2O5/c13-10(14)7-3-6(9-11-1-2-17-9)4-8(5-7)12(15)16/h1-5H,(H,13,14). The monoisotopic (exact) mass is 234 g/mol. The van der Waals surface area contributed by atoms with Crippen molar-refractivity contribution in [2.24, 2.45) is 0 Å². The molecule has 1 aromatic carbocycles. The average Bonchev–Trinajstić information content (AvgIpc) is 2.81. The summed E-state index contributed by atoms with van der Waals surface area (Å²) >= 11 is 0. The number of nitrogens with zero attached hydrogens (tertiary/aromatic N) is 2. The average molecular weight is 234 g/mol. The molecule has 0 aliphatic rings. The van der Waals surface area contributed by atoms with E-state index in [-0.39, 0.29) is 22.7 Å². The van der Waals surface area contributed by atoms with Gasteiger partial charge in [0.1, 0.15) is 6.26 Å². The molecule has 0 radical (unpaired) electrons. The minimum absolute atomic E-state index is 0.135. The van der Waals surface area contributed by atoms with Crippen LogP contribution in [0.25, 0.3) is 11.5 Å². The number of nitro benzene ring substituents is 1. The van der Waals surface area contributed by atoms with E-state index in [9.17, 15) is 14.9 Å². The maximum atomic E-state index is 10.8. The largest absolute Gasteiger partial charge is 0.478 e. The van der Waals surface area contributed by atoms with Gasteiger partial charge in [-0.3, -0.25) is 10.1 Å². The molecule has 0 aliphatic heterocycles. The van der Waals surface area contributed by atoms with Crippen LogP contribution in [0.5, 0.6) is 0 Å². The Hall–Kier alpha value is -2.70. The van der Waals surface area contributed by atoms with Gasteiger partial charge in [0, 0.05) is 17.7 Å². The molecule has 1 aromatic heterocycles. The molecule has 0 fully saturated rings. The first-order valence-corrected chi connectivity index (χ1v) is 4.50. The van der Waals surface area contributed by atoms with Crippen molar-refractivity contribution >= 4 is 11.7 Å². The molecule has 0 amide bonds. The summed E-state index contributed by atoms with van der Waals surface area (Å²) in [5.41, 5.74) is -0.257. The zero-order valence-electron chi connectivity index (χ0n) is 8.36. The van der Waals surface area contributed by atoms with Gasteiger partial charge in [-0.15, -0.1) is 0 Å². The third-order valence-corrected chi connectivity index (χ3v) is 2.05. The minimum Gasteiger partial charge on any atom is -0.478 e. The zero-order valence-corrected chi connectivity index (χ0v) is 8.36. The topological polar surface area (TPSA) is 106 Å². The number of non-ortho nitro benzene ring substituents is 1. The Balaban J connectivity index is 2.60. The summed E-state index contributed by atoms with van der Waals surface area (Å²) in [5, 5.41) is 19.5. The fourth-order valence-corrected chi connectivity index (χ4v) is 1.33. The Morgan fingerprint density at radius 1 is 1.41 bits per heavy atom. The van der Waals surface area contributed by atoms with E-state index in [1.54, 1.807) is 0 Å². The molecular formula is C10H6N2O5. The van der Waals surface area contributed by atoms with Crippen molar-refractivity contribution in [1.29, 1.82) is 0 Å². The summed E-state index contributed by atoms with van der Waals surface area (Å²) < 4.78 is 4.96. The Kier molecular flexibility index (Phi) is 2.57. The van der Waals surface area contributed by atoms with Crippen LogP contribution in [0.3, 0.4) is 0 Å². The summed E-state index contributed by atoms with van der Waals surface area (Å²) in [4.78, 5) is 24.6. The zero-order chi connectivity index (χ0) is 12.4. The van der Waals surface area contributed by atoms with E-state index < -0.39 is 10.9 Å². The van der Waals surface area contributed by atoms with Crippen LogP contribution in [0, 0.1) is 10.1 Å². The number of hydrogen-bond acceptors (Lipinski definition) is 5. The van der Waals surface area contributed by atoms with Crippen molar-refractivity contribution in [3.63, 3.8) is 0 Å². The Morgan fingerprint density at radius 2 is 2.18 bits per heavy atom. The number of aromatic carboxylic acids is 1. The van der Waals surface area contributed by atoms with Crippen molar-refractivity contribution in [3.8, 4) is 11.5 Å². The van der Waals surface area contributed by atoms with Gasteiger partial charge in [-0.05, 0) is 6.07 Å². The smallest absolute Gasteiger partial charge is 0.335 e. The van der Waals surface area contributed by atoms with Crippen LogP contribution < -0.4 is 0 Å². The van der Waals surface area contributed by atoms with E-state index in [4.69, 9.17) is 9.52 Å². The summed E-state index contributed by atoms with van der Waals surface area (Å²) in [7, 11) is 0. The van der Waals surface area contributed by atoms with Crippen molar-refractivity contribution in [3.05, 3.63) is 46.3 Å². The number of aromatic nitrogens is 1. The second-order valence-corrected chi connectivity index (χ2v) is 3.17. The highest BCUT2D eigenvalue weighted by atomic mass is 16.6. The molecule has 0 bridgehead atoms. The highest BCUT2D eigenvalue weighted by molar-refractivity contribution is 5.90. The number of carbonyl (C=O) groups is 1. The molecule has 17 heavy (non-hydrogen) atoms. The third-order valence-electron chi connectivity index (χ3n) is 2.05. The fourth-order valence-electron chi connectivity index (χ4n) is 1.33. The lowest BCUT2D eigenvalue weighted by atomic mass is 10.1. The van der Waals surface area contributed by atoms with Gasteiger partial charge in [-0.25, -0.2) is 9.78 Å². The summed E-state index contributed by atoms with van der Waals surface area (Å²) in [6.07, 6.45) is 2.67. The predicted octanol–water partition coefficient (Wildman–Crippen LogP) is 1.95. The Bertz CT molecular complexity index is 544. The molecule has 0 saturated heterocycles. The lowest BCUT2D eigenvalue weighted by molar-refractivity contribution is -0.384. The van der Waals surface area contributed by atoms with Gasteiger partial charge in [-0.2, -0.15) is 0 Å². The van der Waals surface area contributed by atoms with Gasteiger partial charge < -0.3 is 9.52 Å². The lowest BCUT2D eigenvalue weighted by Crippen LogP contribution is -1.99. The van der Waals surface area contributed by atoms with Crippen molar-refractivity contribution in [2.75, 3.05) is 0 Å². The summed E-state index contributed by atoms with van der Waals surface area (Å²) in [5.74, 6) is -1.11. The van der Waals surface area contributed by atoms with E-state index in [0.717, 1.165) is 6.07 Å². The lowest BCUT2D eigenvalue weighted by Gasteiger charge is -1.99. The number of rotatable bonds is 3. The van der Waals surface area contributed by atoms with Crippen LogP contribution in [-0.2, 0) is 0 Å². The molecule has 7 nitrogen and oxygen atoms in total. The van der Waals surface area contributed by atoms with E-state index >= 15 is 0 Å². The van der Waals surface area contributed by atoms with Crippen LogP contribution >= 0.6 is 0 Å². The van der Waals surface area contributed by atoms with Crippen LogP contribution in [0.4, 0.5) is 5.69 Å².